The molecule has 0 aromatic heterocycles. The Morgan fingerprint density at radius 2 is 2.32 bits per heavy atom. The summed E-state index contributed by atoms with van der Waals surface area (Å²) in [5.74, 6) is 1.53. The molecule has 0 saturated carbocycles. The Labute approximate surface area is 123 Å². The number of rotatable bonds is 6. The first kappa shape index (κ1) is 14.8. The first-order chi connectivity index (χ1) is 9.24. The zero-order chi connectivity index (χ0) is 13.7. The van der Waals surface area contributed by atoms with Crippen LogP contribution in [0.25, 0.3) is 0 Å². The fraction of sp³-hybridized carbons (Fsp3) is 0.600. The molecule has 0 bridgehead atoms. The average Bonchev–Trinajstić information content (AvgIpc) is 2.86. The molecule has 1 fully saturated rings. The minimum atomic E-state index is 0.440. The van der Waals surface area contributed by atoms with Crippen molar-refractivity contribution in [3.8, 4) is 5.75 Å². The van der Waals surface area contributed by atoms with Crippen molar-refractivity contribution in [2.45, 2.75) is 32.4 Å². The van der Waals surface area contributed by atoms with Gasteiger partial charge in [0, 0.05) is 19.7 Å². The molecule has 1 saturated heterocycles. The predicted octanol–water partition coefficient (Wildman–Crippen LogP) is 3.36. The number of hydrogen-bond acceptors (Lipinski definition) is 3. The van der Waals surface area contributed by atoms with E-state index in [1.54, 1.807) is 7.11 Å². The summed E-state index contributed by atoms with van der Waals surface area (Å²) in [6.45, 7) is 5.03. The van der Waals surface area contributed by atoms with Gasteiger partial charge in [0.05, 0.1) is 17.7 Å². The van der Waals surface area contributed by atoms with Gasteiger partial charge in [0.2, 0.25) is 0 Å². The molecule has 1 aliphatic heterocycles. The molecule has 4 heteroatoms. The van der Waals surface area contributed by atoms with E-state index in [-0.39, 0.29) is 0 Å². The molecule has 1 heterocycles. The summed E-state index contributed by atoms with van der Waals surface area (Å²) in [6, 6.07) is 6.20. The number of ether oxygens (including phenoxy) is 2. The first-order valence-corrected chi connectivity index (χ1v) is 7.68. The van der Waals surface area contributed by atoms with Gasteiger partial charge in [-0.3, -0.25) is 0 Å². The molecule has 2 rings (SSSR count). The molecule has 1 N–H and O–H groups in total. The zero-order valence-corrected chi connectivity index (χ0v) is 13.2. The molecular weight excluding hydrogens is 306 g/mol. The third-order valence-corrected chi connectivity index (χ3v) is 4.32. The van der Waals surface area contributed by atoms with E-state index in [0.29, 0.717) is 12.0 Å². The molecule has 1 aromatic rings. The number of hydrogen-bond donors (Lipinski definition) is 1. The second-order valence-electron chi connectivity index (χ2n) is 4.97. The van der Waals surface area contributed by atoms with Crippen LogP contribution in [-0.4, -0.2) is 26.4 Å². The molecule has 19 heavy (non-hydrogen) atoms. The molecule has 0 amide bonds. The van der Waals surface area contributed by atoms with Gasteiger partial charge < -0.3 is 14.8 Å². The largest absolute Gasteiger partial charge is 0.496 e. The Kier molecular flexibility index (Phi) is 5.67. The van der Waals surface area contributed by atoms with Crippen LogP contribution >= 0.6 is 15.9 Å². The fourth-order valence-corrected chi connectivity index (χ4v) is 3.19. The smallest absolute Gasteiger partial charge is 0.133 e. The minimum Gasteiger partial charge on any atom is -0.496 e. The summed E-state index contributed by atoms with van der Waals surface area (Å²) in [7, 11) is 1.68. The van der Waals surface area contributed by atoms with E-state index in [1.165, 1.54) is 12.0 Å². The van der Waals surface area contributed by atoms with Crippen LogP contribution in [0.4, 0.5) is 0 Å². The van der Waals surface area contributed by atoms with Gasteiger partial charge in [-0.05, 0) is 52.4 Å². The lowest BCUT2D eigenvalue weighted by Crippen LogP contribution is -2.27. The summed E-state index contributed by atoms with van der Waals surface area (Å²) in [6.07, 6.45) is 2.73. The maximum atomic E-state index is 5.70. The summed E-state index contributed by atoms with van der Waals surface area (Å²) in [5, 5.41) is 3.53. The number of methoxy groups -OCH3 is 1. The Morgan fingerprint density at radius 3 is 3.00 bits per heavy atom. The molecule has 0 spiro atoms. The van der Waals surface area contributed by atoms with Crippen molar-refractivity contribution >= 4 is 15.9 Å². The zero-order valence-electron chi connectivity index (χ0n) is 11.6. The van der Waals surface area contributed by atoms with Crippen LogP contribution in [0.15, 0.2) is 22.7 Å². The highest BCUT2D eigenvalue weighted by molar-refractivity contribution is 9.10. The van der Waals surface area contributed by atoms with E-state index in [0.717, 1.165) is 36.3 Å². The molecule has 0 aliphatic carbocycles. The Balaban J connectivity index is 1.81. The number of halogens is 1. The number of benzene rings is 1. The lowest BCUT2D eigenvalue weighted by molar-refractivity contribution is 0.0872. The summed E-state index contributed by atoms with van der Waals surface area (Å²) in [5.41, 5.74) is 1.26. The van der Waals surface area contributed by atoms with Crippen LogP contribution in [0, 0.1) is 5.92 Å². The van der Waals surface area contributed by atoms with E-state index in [2.05, 4.69) is 40.3 Å². The Morgan fingerprint density at radius 1 is 1.47 bits per heavy atom. The molecule has 0 radical (unpaired) electrons. The van der Waals surface area contributed by atoms with E-state index in [4.69, 9.17) is 9.47 Å². The van der Waals surface area contributed by atoms with Crippen LogP contribution in [0.5, 0.6) is 5.75 Å². The van der Waals surface area contributed by atoms with E-state index in [1.807, 2.05) is 6.07 Å². The molecular formula is C15H22BrNO2. The van der Waals surface area contributed by atoms with Gasteiger partial charge in [-0.1, -0.05) is 13.0 Å². The second-order valence-corrected chi connectivity index (χ2v) is 5.82. The van der Waals surface area contributed by atoms with Gasteiger partial charge >= 0.3 is 0 Å². The number of nitrogens with one attached hydrogen (secondary N) is 1. The standard InChI is InChI=1S/C15H22BrNO2/c1-3-14-12(6-7-19-14)10-17-9-11-4-5-15(18-2)13(16)8-11/h4-5,8,12,14,17H,3,6-7,9-10H2,1-2H3. The van der Waals surface area contributed by atoms with Gasteiger partial charge in [-0.15, -0.1) is 0 Å². The average molecular weight is 328 g/mol. The normalized spacial score (nSPS) is 22.7. The van der Waals surface area contributed by atoms with Crippen LogP contribution < -0.4 is 10.1 Å². The molecule has 1 aliphatic rings. The molecule has 2 atom stereocenters. The van der Waals surface area contributed by atoms with Crippen molar-refractivity contribution in [3.05, 3.63) is 28.2 Å². The van der Waals surface area contributed by atoms with Gasteiger partial charge in [-0.25, -0.2) is 0 Å². The molecule has 3 nitrogen and oxygen atoms in total. The van der Waals surface area contributed by atoms with Crippen molar-refractivity contribution < 1.29 is 9.47 Å². The highest BCUT2D eigenvalue weighted by Gasteiger charge is 2.25. The topological polar surface area (TPSA) is 30.5 Å². The SMILES string of the molecule is CCC1OCCC1CNCc1ccc(OC)c(Br)c1. The van der Waals surface area contributed by atoms with Crippen molar-refractivity contribution in [2.75, 3.05) is 20.3 Å². The minimum absolute atomic E-state index is 0.440. The highest BCUT2D eigenvalue weighted by Crippen LogP contribution is 2.26. The fourth-order valence-electron chi connectivity index (χ4n) is 2.60. The molecule has 1 aromatic carbocycles. The van der Waals surface area contributed by atoms with Gasteiger partial charge in [0.15, 0.2) is 0 Å². The van der Waals surface area contributed by atoms with E-state index < -0.39 is 0 Å². The summed E-state index contributed by atoms with van der Waals surface area (Å²) < 4.78 is 11.9. The maximum absolute atomic E-state index is 5.70. The van der Waals surface area contributed by atoms with Crippen molar-refractivity contribution in [1.82, 2.24) is 5.32 Å². The van der Waals surface area contributed by atoms with Crippen molar-refractivity contribution in [3.63, 3.8) is 0 Å². The summed E-state index contributed by atoms with van der Waals surface area (Å²) >= 11 is 3.51. The Bertz CT molecular complexity index is 411. The lowest BCUT2D eigenvalue weighted by Gasteiger charge is -2.17. The van der Waals surface area contributed by atoms with Crippen LogP contribution in [0.3, 0.4) is 0 Å². The van der Waals surface area contributed by atoms with Crippen molar-refractivity contribution in [2.24, 2.45) is 5.92 Å². The van der Waals surface area contributed by atoms with E-state index in [9.17, 15) is 0 Å². The van der Waals surface area contributed by atoms with E-state index >= 15 is 0 Å². The predicted molar refractivity (Wildman–Crippen MR) is 80.5 cm³/mol. The third kappa shape index (κ3) is 3.94. The van der Waals surface area contributed by atoms with Gasteiger partial charge in [0.1, 0.15) is 5.75 Å². The lowest BCUT2D eigenvalue weighted by atomic mass is 9.99. The van der Waals surface area contributed by atoms with Crippen molar-refractivity contribution in [1.29, 1.82) is 0 Å². The third-order valence-electron chi connectivity index (χ3n) is 3.70. The monoisotopic (exact) mass is 327 g/mol. The van der Waals surface area contributed by atoms with Crippen LogP contribution in [0.1, 0.15) is 25.3 Å². The highest BCUT2D eigenvalue weighted by atomic mass is 79.9. The Hall–Kier alpha value is -0.580. The van der Waals surface area contributed by atoms with Crippen LogP contribution in [-0.2, 0) is 11.3 Å². The molecule has 2 unspecified atom stereocenters. The quantitative estimate of drug-likeness (QED) is 0.869. The van der Waals surface area contributed by atoms with Gasteiger partial charge in [0.25, 0.3) is 0 Å². The first-order valence-electron chi connectivity index (χ1n) is 6.89. The van der Waals surface area contributed by atoms with Crippen LogP contribution in [0.2, 0.25) is 0 Å². The molecule has 106 valence electrons. The maximum Gasteiger partial charge on any atom is 0.133 e. The summed E-state index contributed by atoms with van der Waals surface area (Å²) in [4.78, 5) is 0. The van der Waals surface area contributed by atoms with Gasteiger partial charge in [-0.2, -0.15) is 0 Å². The second kappa shape index (κ2) is 7.27.